The number of amidine groups is 1. The average Bonchev–Trinajstić information content (AvgIpc) is 3.02. The lowest BCUT2D eigenvalue weighted by molar-refractivity contribution is 0.479. The summed E-state index contributed by atoms with van der Waals surface area (Å²) in [4.78, 5) is 12.8. The summed E-state index contributed by atoms with van der Waals surface area (Å²) in [7, 11) is -3.50. The third-order valence-corrected chi connectivity index (χ3v) is 5.97. The zero-order valence-electron chi connectivity index (χ0n) is 12.0. The molecule has 124 valence electrons. The van der Waals surface area contributed by atoms with Gasteiger partial charge in [0.15, 0.2) is 11.6 Å². The predicted molar refractivity (Wildman–Crippen MR) is 95.6 cm³/mol. The van der Waals surface area contributed by atoms with Crippen LogP contribution in [0.3, 0.4) is 0 Å². The summed E-state index contributed by atoms with van der Waals surface area (Å²) < 4.78 is 25.7. The summed E-state index contributed by atoms with van der Waals surface area (Å²) in [5.74, 6) is 5.37. The van der Waals surface area contributed by atoms with Crippen LogP contribution >= 0.6 is 22.1 Å². The van der Waals surface area contributed by atoms with Gasteiger partial charge >= 0.3 is 0 Å². The van der Waals surface area contributed by atoms with E-state index in [1.54, 1.807) is 29.6 Å². The minimum Gasteiger partial charge on any atom is -0.505 e. The number of benzene rings is 1. The number of aromatic nitrogens is 1. The first kappa shape index (κ1) is 15.0. The molecule has 4 rings (SSSR count). The summed E-state index contributed by atoms with van der Waals surface area (Å²) >= 11 is 1.21. The molecule has 0 atom stereocenters. The van der Waals surface area contributed by atoms with Crippen molar-refractivity contribution in [1.29, 1.82) is 0 Å². The Labute approximate surface area is 141 Å². The fourth-order valence-corrected chi connectivity index (χ4v) is 4.57. The number of hydrogen-bond donors (Lipinski definition) is 5. The number of anilines is 1. The van der Waals surface area contributed by atoms with E-state index in [0.717, 1.165) is 4.68 Å². The molecule has 0 spiro atoms. The van der Waals surface area contributed by atoms with Crippen molar-refractivity contribution in [2.75, 3.05) is 11.2 Å². The van der Waals surface area contributed by atoms with Crippen LogP contribution < -0.4 is 16.7 Å². The second-order valence-corrected chi connectivity index (χ2v) is 7.69. The molecule has 0 bridgehead atoms. The maximum Gasteiger partial charge on any atom is 0.284 e. The van der Waals surface area contributed by atoms with E-state index in [2.05, 4.69) is 9.71 Å². The Morgan fingerprint density at radius 3 is 2.79 bits per heavy atom. The van der Waals surface area contributed by atoms with Gasteiger partial charge in [-0.3, -0.25) is 13.9 Å². The molecule has 3 aromatic rings. The number of para-hydroxylation sites is 1. The van der Waals surface area contributed by atoms with E-state index in [1.165, 1.54) is 17.4 Å². The van der Waals surface area contributed by atoms with Crippen LogP contribution in [-0.4, -0.2) is 24.7 Å². The lowest BCUT2D eigenvalue weighted by Gasteiger charge is -2.34. The number of nitrogen functional groups attached to an aromatic ring is 1. The monoisotopic (exact) mass is 364 g/mol. The van der Waals surface area contributed by atoms with Crippen LogP contribution in [0.15, 0.2) is 49.8 Å². The first-order valence-electron chi connectivity index (χ1n) is 6.75. The van der Waals surface area contributed by atoms with E-state index < -0.39 is 16.3 Å². The van der Waals surface area contributed by atoms with Crippen molar-refractivity contribution in [3.63, 3.8) is 0 Å². The maximum atomic E-state index is 12.5. The smallest absolute Gasteiger partial charge is 0.284 e. The van der Waals surface area contributed by atoms with Gasteiger partial charge in [0.05, 0.1) is 15.9 Å². The standard InChI is InChI=1S/C14H12N4O4S2/c15-18-8-5-6-23-12(8)11(19)10(14(18)20)13-16-7-3-1-2-4-9(7)24(21,22)17-13/h1-6,19,21-22H,15H2,(H,16,17). The van der Waals surface area contributed by atoms with Crippen molar-refractivity contribution in [3.8, 4) is 5.75 Å². The molecule has 3 heterocycles. The van der Waals surface area contributed by atoms with E-state index in [9.17, 15) is 19.0 Å². The van der Waals surface area contributed by atoms with E-state index >= 15 is 0 Å². The quantitative estimate of drug-likeness (QED) is 0.421. The number of thiophene rings is 1. The van der Waals surface area contributed by atoms with Crippen molar-refractivity contribution in [2.24, 2.45) is 4.40 Å². The molecule has 0 unspecified atom stereocenters. The van der Waals surface area contributed by atoms with Crippen LogP contribution in [0, 0.1) is 0 Å². The number of fused-ring (bicyclic) bond motifs is 2. The van der Waals surface area contributed by atoms with E-state index in [-0.39, 0.29) is 22.0 Å². The molecule has 0 radical (unpaired) electrons. The number of nitrogens with two attached hydrogens (primary N) is 1. The highest BCUT2D eigenvalue weighted by Crippen LogP contribution is 2.55. The molecule has 0 fully saturated rings. The fraction of sp³-hybridized carbons (Fsp3) is 0. The Balaban J connectivity index is 2.00. The molecule has 1 aromatic carbocycles. The zero-order chi connectivity index (χ0) is 17.1. The molecule has 0 saturated carbocycles. The largest absolute Gasteiger partial charge is 0.505 e. The Kier molecular flexibility index (Phi) is 3.12. The Hall–Kier alpha value is -2.53. The van der Waals surface area contributed by atoms with Gasteiger partial charge < -0.3 is 16.3 Å². The molecule has 1 aliphatic heterocycles. The number of nitrogens with zero attached hydrogens (tertiary/aromatic N) is 2. The van der Waals surface area contributed by atoms with Crippen LogP contribution in [0.4, 0.5) is 5.69 Å². The third-order valence-electron chi connectivity index (χ3n) is 3.68. The second-order valence-electron chi connectivity index (χ2n) is 5.11. The van der Waals surface area contributed by atoms with Crippen molar-refractivity contribution in [1.82, 2.24) is 4.68 Å². The molecule has 2 aromatic heterocycles. The fourth-order valence-electron chi connectivity index (χ4n) is 2.57. The van der Waals surface area contributed by atoms with Crippen LogP contribution in [0.2, 0.25) is 0 Å². The van der Waals surface area contributed by atoms with Crippen molar-refractivity contribution in [3.05, 3.63) is 51.6 Å². The van der Waals surface area contributed by atoms with Crippen molar-refractivity contribution < 1.29 is 14.2 Å². The molecule has 10 heteroatoms. The minimum absolute atomic E-state index is 0.134. The molecule has 0 saturated heterocycles. The van der Waals surface area contributed by atoms with Crippen LogP contribution in [0.5, 0.6) is 5.75 Å². The summed E-state index contributed by atoms with van der Waals surface area (Å²) in [5.41, 5.74) is -0.119. The summed E-state index contributed by atoms with van der Waals surface area (Å²) in [6.07, 6.45) is 0. The van der Waals surface area contributed by atoms with Crippen LogP contribution in [-0.2, 0) is 0 Å². The Morgan fingerprint density at radius 1 is 1.25 bits per heavy atom. The van der Waals surface area contributed by atoms with Gasteiger partial charge in [0.25, 0.3) is 5.56 Å². The van der Waals surface area contributed by atoms with Gasteiger partial charge in [0.2, 0.25) is 0 Å². The molecule has 0 aliphatic carbocycles. The SMILES string of the molecule is Nn1c(=O)c(C2=NS(O)(O)c3ccccc3N2)c(O)c2sccc21. The summed E-state index contributed by atoms with van der Waals surface area (Å²) in [6, 6.07) is 8.12. The number of rotatable bonds is 1. The summed E-state index contributed by atoms with van der Waals surface area (Å²) in [6.45, 7) is 0. The van der Waals surface area contributed by atoms with Crippen LogP contribution in [0.1, 0.15) is 5.56 Å². The first-order valence-corrected chi connectivity index (χ1v) is 9.13. The number of aromatic hydroxyl groups is 1. The Bertz CT molecular complexity index is 1070. The zero-order valence-corrected chi connectivity index (χ0v) is 13.6. The molecule has 0 amide bonds. The third kappa shape index (κ3) is 2.01. The van der Waals surface area contributed by atoms with E-state index in [4.69, 9.17) is 5.84 Å². The number of hydrogen-bond acceptors (Lipinski definition) is 8. The van der Waals surface area contributed by atoms with Gasteiger partial charge in [-0.25, -0.2) is 4.68 Å². The highest BCUT2D eigenvalue weighted by molar-refractivity contribution is 8.23. The van der Waals surface area contributed by atoms with Gasteiger partial charge in [-0.15, -0.1) is 15.7 Å². The predicted octanol–water partition coefficient (Wildman–Crippen LogP) is 2.38. The molecule has 24 heavy (non-hydrogen) atoms. The summed E-state index contributed by atoms with van der Waals surface area (Å²) in [5, 5.41) is 15.0. The molecule has 6 N–H and O–H groups in total. The van der Waals surface area contributed by atoms with Gasteiger partial charge in [-0.05, 0) is 23.6 Å². The van der Waals surface area contributed by atoms with E-state index in [1.807, 2.05) is 0 Å². The molecule has 8 nitrogen and oxygen atoms in total. The number of pyridine rings is 1. The van der Waals surface area contributed by atoms with Crippen molar-refractivity contribution >= 4 is 43.9 Å². The van der Waals surface area contributed by atoms with Crippen molar-refractivity contribution in [2.45, 2.75) is 4.90 Å². The van der Waals surface area contributed by atoms with Crippen LogP contribution in [0.25, 0.3) is 10.2 Å². The molecular weight excluding hydrogens is 352 g/mol. The molecular formula is C14H12N4O4S2. The minimum atomic E-state index is -3.50. The average molecular weight is 364 g/mol. The molecule has 1 aliphatic rings. The number of nitrogens with one attached hydrogen (secondary N) is 1. The first-order chi connectivity index (χ1) is 11.4. The van der Waals surface area contributed by atoms with Gasteiger partial charge in [-0.2, -0.15) is 0 Å². The lowest BCUT2D eigenvalue weighted by atomic mass is 10.2. The topological polar surface area (TPSA) is 133 Å². The normalized spacial score (nSPS) is 17.0. The maximum absolute atomic E-state index is 12.5. The lowest BCUT2D eigenvalue weighted by Crippen LogP contribution is -2.35. The van der Waals surface area contributed by atoms with Gasteiger partial charge in [-0.1, -0.05) is 22.9 Å². The van der Waals surface area contributed by atoms with Gasteiger partial charge in [0, 0.05) is 0 Å². The highest BCUT2D eigenvalue weighted by Gasteiger charge is 2.30. The Morgan fingerprint density at radius 2 is 2.00 bits per heavy atom. The van der Waals surface area contributed by atoms with E-state index in [0.29, 0.717) is 15.9 Å². The van der Waals surface area contributed by atoms with Gasteiger partial charge in [0.1, 0.15) is 10.5 Å². The highest BCUT2D eigenvalue weighted by atomic mass is 32.3. The second kappa shape index (κ2) is 4.98.